The highest BCUT2D eigenvalue weighted by Crippen LogP contribution is 2.29. The maximum Gasteiger partial charge on any atom is 0.220 e. The lowest BCUT2D eigenvalue weighted by atomic mass is 10.0. The van der Waals surface area contributed by atoms with Gasteiger partial charge in [-0.25, -0.2) is 0 Å². The van der Waals surface area contributed by atoms with Crippen molar-refractivity contribution < 1.29 is 9.53 Å². The SMILES string of the molecule is COc1ccccc1N1CCN(CCNC(=O)CCC2CCCC2)CC1. The van der Waals surface area contributed by atoms with E-state index in [2.05, 4.69) is 27.2 Å². The van der Waals surface area contributed by atoms with Crippen molar-refractivity contribution in [2.24, 2.45) is 5.92 Å². The molecule has 2 fully saturated rings. The molecule has 0 bridgehead atoms. The molecule has 1 aliphatic carbocycles. The fourth-order valence-electron chi connectivity index (χ4n) is 4.18. The lowest BCUT2D eigenvalue weighted by Gasteiger charge is -2.36. The van der Waals surface area contributed by atoms with E-state index < -0.39 is 0 Å². The Kier molecular flexibility index (Phi) is 7.18. The molecule has 2 aliphatic rings. The van der Waals surface area contributed by atoms with Crippen LogP contribution >= 0.6 is 0 Å². The minimum atomic E-state index is 0.226. The Morgan fingerprint density at radius 3 is 2.62 bits per heavy atom. The van der Waals surface area contributed by atoms with Crippen LogP contribution in [0.4, 0.5) is 5.69 Å². The van der Waals surface area contributed by atoms with Gasteiger partial charge in [0, 0.05) is 45.7 Å². The molecule has 1 N–H and O–H groups in total. The topological polar surface area (TPSA) is 44.8 Å². The van der Waals surface area contributed by atoms with Crippen LogP contribution in [0.2, 0.25) is 0 Å². The number of benzene rings is 1. The normalized spacial score (nSPS) is 18.9. The van der Waals surface area contributed by atoms with Gasteiger partial charge in [0.15, 0.2) is 0 Å². The second-order valence-corrected chi connectivity index (χ2v) is 7.54. The van der Waals surface area contributed by atoms with Gasteiger partial charge in [-0.2, -0.15) is 0 Å². The van der Waals surface area contributed by atoms with E-state index in [1.54, 1.807) is 7.11 Å². The Balaban J connectivity index is 1.32. The van der Waals surface area contributed by atoms with E-state index >= 15 is 0 Å². The molecule has 5 nitrogen and oxygen atoms in total. The standard InChI is InChI=1S/C21H33N3O2/c1-26-20-9-5-4-8-19(20)24-16-14-23(15-17-24)13-12-22-21(25)11-10-18-6-2-3-7-18/h4-5,8-9,18H,2-3,6-7,10-17H2,1H3,(H,22,25). The van der Waals surface area contributed by atoms with E-state index in [0.29, 0.717) is 6.42 Å². The Morgan fingerprint density at radius 1 is 1.15 bits per heavy atom. The van der Waals surface area contributed by atoms with Crippen LogP contribution in [-0.4, -0.2) is 57.2 Å². The molecule has 26 heavy (non-hydrogen) atoms. The number of para-hydroxylation sites is 2. The average molecular weight is 360 g/mol. The molecule has 1 aromatic carbocycles. The van der Waals surface area contributed by atoms with E-state index in [1.165, 1.54) is 31.4 Å². The summed E-state index contributed by atoms with van der Waals surface area (Å²) >= 11 is 0. The number of amides is 1. The summed E-state index contributed by atoms with van der Waals surface area (Å²) < 4.78 is 5.47. The first kappa shape index (κ1) is 19.0. The fourth-order valence-corrected chi connectivity index (χ4v) is 4.18. The van der Waals surface area contributed by atoms with Crippen molar-refractivity contribution in [2.45, 2.75) is 38.5 Å². The smallest absolute Gasteiger partial charge is 0.220 e. The van der Waals surface area contributed by atoms with Gasteiger partial charge in [-0.15, -0.1) is 0 Å². The first-order chi connectivity index (χ1) is 12.8. The van der Waals surface area contributed by atoms with E-state index in [0.717, 1.165) is 57.4 Å². The van der Waals surface area contributed by atoms with Crippen LogP contribution in [-0.2, 0) is 4.79 Å². The highest BCUT2D eigenvalue weighted by Gasteiger charge is 2.19. The molecule has 1 heterocycles. The Bertz CT molecular complexity index is 564. The third-order valence-corrected chi connectivity index (χ3v) is 5.80. The summed E-state index contributed by atoms with van der Waals surface area (Å²) in [5.41, 5.74) is 1.18. The van der Waals surface area contributed by atoms with E-state index in [4.69, 9.17) is 4.74 Å². The first-order valence-electron chi connectivity index (χ1n) is 10.1. The first-order valence-corrected chi connectivity index (χ1v) is 10.1. The summed E-state index contributed by atoms with van der Waals surface area (Å²) in [6.45, 7) is 5.74. The highest BCUT2D eigenvalue weighted by molar-refractivity contribution is 5.75. The summed E-state index contributed by atoms with van der Waals surface area (Å²) in [6.07, 6.45) is 7.13. The number of carbonyl (C=O) groups excluding carboxylic acids is 1. The van der Waals surface area contributed by atoms with Crippen molar-refractivity contribution in [3.05, 3.63) is 24.3 Å². The number of anilines is 1. The van der Waals surface area contributed by atoms with Gasteiger partial charge in [-0.3, -0.25) is 9.69 Å². The van der Waals surface area contributed by atoms with Crippen LogP contribution < -0.4 is 15.0 Å². The quantitative estimate of drug-likeness (QED) is 0.775. The fraction of sp³-hybridized carbons (Fsp3) is 0.667. The summed E-state index contributed by atoms with van der Waals surface area (Å²) in [5.74, 6) is 1.96. The van der Waals surface area contributed by atoms with Gasteiger partial charge in [0.05, 0.1) is 12.8 Å². The minimum absolute atomic E-state index is 0.226. The summed E-state index contributed by atoms with van der Waals surface area (Å²) in [7, 11) is 1.73. The van der Waals surface area contributed by atoms with Gasteiger partial charge < -0.3 is 15.0 Å². The molecule has 1 saturated carbocycles. The largest absolute Gasteiger partial charge is 0.495 e. The molecule has 5 heteroatoms. The number of nitrogens with zero attached hydrogens (tertiary/aromatic N) is 2. The van der Waals surface area contributed by atoms with Crippen molar-refractivity contribution >= 4 is 11.6 Å². The highest BCUT2D eigenvalue weighted by atomic mass is 16.5. The Morgan fingerprint density at radius 2 is 1.88 bits per heavy atom. The predicted molar refractivity (Wildman–Crippen MR) is 106 cm³/mol. The minimum Gasteiger partial charge on any atom is -0.495 e. The summed E-state index contributed by atoms with van der Waals surface area (Å²) in [4.78, 5) is 16.8. The molecule has 0 aromatic heterocycles. The van der Waals surface area contributed by atoms with E-state index in [-0.39, 0.29) is 5.91 Å². The number of nitrogens with one attached hydrogen (secondary N) is 1. The van der Waals surface area contributed by atoms with Crippen molar-refractivity contribution in [3.8, 4) is 5.75 Å². The van der Waals surface area contributed by atoms with Crippen LogP contribution in [0, 0.1) is 5.92 Å². The monoisotopic (exact) mass is 359 g/mol. The van der Waals surface area contributed by atoms with Crippen LogP contribution in [0.15, 0.2) is 24.3 Å². The molecule has 0 spiro atoms. The number of carbonyl (C=O) groups is 1. The molecule has 1 aromatic rings. The molecular weight excluding hydrogens is 326 g/mol. The predicted octanol–water partition coefficient (Wildman–Crippen LogP) is 2.90. The maximum absolute atomic E-state index is 12.0. The van der Waals surface area contributed by atoms with Crippen LogP contribution in [0.1, 0.15) is 38.5 Å². The molecule has 3 rings (SSSR count). The third kappa shape index (κ3) is 5.37. The molecule has 1 aliphatic heterocycles. The van der Waals surface area contributed by atoms with Gasteiger partial charge in [0.1, 0.15) is 5.75 Å². The molecule has 1 amide bonds. The van der Waals surface area contributed by atoms with Crippen molar-refractivity contribution in [1.29, 1.82) is 0 Å². The third-order valence-electron chi connectivity index (χ3n) is 5.80. The van der Waals surface area contributed by atoms with Crippen molar-refractivity contribution in [1.82, 2.24) is 10.2 Å². The van der Waals surface area contributed by atoms with Crippen LogP contribution in [0.3, 0.4) is 0 Å². The summed E-state index contributed by atoms with van der Waals surface area (Å²) in [6, 6.07) is 8.21. The Hall–Kier alpha value is -1.75. The molecule has 0 radical (unpaired) electrons. The van der Waals surface area contributed by atoms with Gasteiger partial charge in [0.25, 0.3) is 0 Å². The van der Waals surface area contributed by atoms with Gasteiger partial charge in [-0.05, 0) is 24.5 Å². The maximum atomic E-state index is 12.0. The second-order valence-electron chi connectivity index (χ2n) is 7.54. The number of methoxy groups -OCH3 is 1. The van der Waals surface area contributed by atoms with Crippen LogP contribution in [0.25, 0.3) is 0 Å². The van der Waals surface area contributed by atoms with Gasteiger partial charge in [-0.1, -0.05) is 37.8 Å². The van der Waals surface area contributed by atoms with Gasteiger partial charge in [0.2, 0.25) is 5.91 Å². The van der Waals surface area contributed by atoms with Crippen LogP contribution in [0.5, 0.6) is 5.75 Å². The van der Waals surface area contributed by atoms with E-state index in [9.17, 15) is 4.79 Å². The van der Waals surface area contributed by atoms with E-state index in [1.807, 2.05) is 12.1 Å². The zero-order chi connectivity index (χ0) is 18.2. The molecular formula is C21H33N3O2. The number of hydrogen-bond donors (Lipinski definition) is 1. The lowest BCUT2D eigenvalue weighted by molar-refractivity contribution is -0.121. The zero-order valence-corrected chi connectivity index (χ0v) is 16.1. The molecule has 144 valence electrons. The number of piperazine rings is 1. The zero-order valence-electron chi connectivity index (χ0n) is 16.1. The Labute approximate surface area is 157 Å². The number of ether oxygens (including phenoxy) is 1. The molecule has 0 unspecified atom stereocenters. The average Bonchev–Trinajstić information content (AvgIpc) is 3.20. The number of hydrogen-bond acceptors (Lipinski definition) is 4. The lowest BCUT2D eigenvalue weighted by Crippen LogP contribution is -2.48. The molecule has 1 saturated heterocycles. The van der Waals surface area contributed by atoms with Crippen molar-refractivity contribution in [3.63, 3.8) is 0 Å². The van der Waals surface area contributed by atoms with Crippen molar-refractivity contribution in [2.75, 3.05) is 51.3 Å². The van der Waals surface area contributed by atoms with Gasteiger partial charge >= 0.3 is 0 Å². The molecule has 0 atom stereocenters. The summed E-state index contributed by atoms with van der Waals surface area (Å²) in [5, 5.41) is 3.10. The number of rotatable bonds is 8. The second kappa shape index (κ2) is 9.81.